The molecule has 0 aliphatic carbocycles. The van der Waals surface area contributed by atoms with Gasteiger partial charge in [-0.15, -0.1) is 0 Å². The van der Waals surface area contributed by atoms with Crippen molar-refractivity contribution in [3.8, 4) is 0 Å². The number of anilines is 1. The van der Waals surface area contributed by atoms with Gasteiger partial charge in [0.15, 0.2) is 0 Å². The minimum Gasteiger partial charge on any atom is -0.390 e. The summed E-state index contributed by atoms with van der Waals surface area (Å²) in [5.74, 6) is 0.0915. The summed E-state index contributed by atoms with van der Waals surface area (Å²) in [6, 6.07) is 8.82. The number of amides is 2. The molecule has 2 N–H and O–H groups in total. The second-order valence-corrected chi connectivity index (χ2v) is 10.2. The molecule has 1 unspecified atom stereocenters. The fraction of sp³-hybridized carbons (Fsp3) is 0.407. The second kappa shape index (κ2) is 11.0. The van der Waals surface area contributed by atoms with Crippen LogP contribution in [0.2, 0.25) is 5.02 Å². The number of aromatic nitrogens is 3. The molecular weight excluding hydrogens is 492 g/mol. The molecule has 1 atom stereocenters. The number of para-hydroxylation sites is 1. The number of carbonyl (C=O) groups excluding carboxylic acids is 2. The SMILES string of the molecule is Cc1cc(C(=O)Nc2nc3cccc(Cl)c3n2C2CCCCN(C(=O)C=CCN3CC(O)C3)C2)ccn1. The van der Waals surface area contributed by atoms with Crippen molar-refractivity contribution in [2.75, 3.05) is 38.0 Å². The zero-order valence-corrected chi connectivity index (χ0v) is 21.6. The van der Waals surface area contributed by atoms with Gasteiger partial charge in [0.2, 0.25) is 11.9 Å². The van der Waals surface area contributed by atoms with Gasteiger partial charge in [-0.3, -0.25) is 24.8 Å². The monoisotopic (exact) mass is 522 g/mol. The number of aliphatic hydroxyl groups excluding tert-OH is 1. The van der Waals surface area contributed by atoms with E-state index in [2.05, 4.69) is 15.2 Å². The van der Waals surface area contributed by atoms with Gasteiger partial charge in [0.1, 0.15) is 0 Å². The van der Waals surface area contributed by atoms with E-state index < -0.39 is 0 Å². The Morgan fingerprint density at radius 2 is 2.05 bits per heavy atom. The number of carbonyl (C=O) groups is 2. The molecule has 0 radical (unpaired) electrons. The van der Waals surface area contributed by atoms with Crippen LogP contribution in [0.3, 0.4) is 0 Å². The number of aliphatic hydroxyl groups is 1. The maximum atomic E-state index is 13.1. The molecule has 9 nitrogen and oxygen atoms in total. The summed E-state index contributed by atoms with van der Waals surface area (Å²) in [7, 11) is 0. The van der Waals surface area contributed by atoms with Gasteiger partial charge in [-0.1, -0.05) is 23.7 Å². The molecule has 2 amide bonds. The molecule has 194 valence electrons. The van der Waals surface area contributed by atoms with Crippen LogP contribution < -0.4 is 5.32 Å². The predicted octanol–water partition coefficient (Wildman–Crippen LogP) is 3.43. The minimum atomic E-state index is -0.279. The highest BCUT2D eigenvalue weighted by Gasteiger charge is 2.28. The molecule has 2 aliphatic heterocycles. The van der Waals surface area contributed by atoms with Gasteiger partial charge in [-0.25, -0.2) is 4.98 Å². The summed E-state index contributed by atoms with van der Waals surface area (Å²) < 4.78 is 1.99. The number of benzene rings is 1. The summed E-state index contributed by atoms with van der Waals surface area (Å²) in [6.45, 7) is 4.93. The van der Waals surface area contributed by atoms with Crippen molar-refractivity contribution in [1.82, 2.24) is 24.3 Å². The molecule has 4 heterocycles. The van der Waals surface area contributed by atoms with Crippen molar-refractivity contribution < 1.29 is 14.7 Å². The molecule has 2 saturated heterocycles. The van der Waals surface area contributed by atoms with Gasteiger partial charge in [-0.2, -0.15) is 0 Å². The number of nitrogens with zero attached hydrogens (tertiary/aromatic N) is 5. The second-order valence-electron chi connectivity index (χ2n) is 9.76. The zero-order chi connectivity index (χ0) is 25.9. The third kappa shape index (κ3) is 5.69. The fourth-order valence-electron chi connectivity index (χ4n) is 5.04. The Morgan fingerprint density at radius 1 is 1.22 bits per heavy atom. The standard InChI is InChI=1S/C27H31ClN6O3/c1-18-14-19(10-11-29-18)26(37)31-27-30-23-8-4-7-22(28)25(23)34(27)20-6-2-3-13-33(15-20)24(36)9-5-12-32-16-21(35)17-32/h4-5,7-11,14,20-21,35H,2-3,6,12-13,15-17H2,1H3,(H,30,31,37). The number of pyridine rings is 1. The maximum Gasteiger partial charge on any atom is 0.258 e. The van der Waals surface area contributed by atoms with E-state index in [0.717, 1.165) is 30.5 Å². The van der Waals surface area contributed by atoms with Crippen LogP contribution in [0.15, 0.2) is 48.7 Å². The lowest BCUT2D eigenvalue weighted by Crippen LogP contribution is -2.50. The lowest BCUT2D eigenvalue weighted by atomic mass is 10.1. The third-order valence-corrected chi connectivity index (χ3v) is 7.24. The number of halogens is 1. The number of nitrogens with one attached hydrogen (secondary N) is 1. The first-order valence-corrected chi connectivity index (χ1v) is 13.0. The van der Waals surface area contributed by atoms with Crippen LogP contribution in [-0.4, -0.2) is 80.1 Å². The van der Waals surface area contributed by atoms with Gasteiger partial charge >= 0.3 is 0 Å². The van der Waals surface area contributed by atoms with Gasteiger partial charge in [0.25, 0.3) is 5.91 Å². The van der Waals surface area contributed by atoms with E-state index >= 15 is 0 Å². The van der Waals surface area contributed by atoms with Gasteiger partial charge in [-0.05, 0) is 50.5 Å². The number of rotatable bonds is 6. The van der Waals surface area contributed by atoms with E-state index in [0.29, 0.717) is 54.8 Å². The zero-order valence-electron chi connectivity index (χ0n) is 20.8. The van der Waals surface area contributed by atoms with E-state index in [9.17, 15) is 14.7 Å². The average Bonchev–Trinajstić information content (AvgIpc) is 3.04. The molecule has 37 heavy (non-hydrogen) atoms. The van der Waals surface area contributed by atoms with Crippen molar-refractivity contribution in [3.63, 3.8) is 0 Å². The molecule has 2 aromatic heterocycles. The first kappa shape index (κ1) is 25.4. The van der Waals surface area contributed by atoms with Crippen LogP contribution in [0.5, 0.6) is 0 Å². The predicted molar refractivity (Wildman–Crippen MR) is 143 cm³/mol. The van der Waals surface area contributed by atoms with E-state index in [1.807, 2.05) is 40.7 Å². The summed E-state index contributed by atoms with van der Waals surface area (Å²) in [5.41, 5.74) is 2.68. The average molecular weight is 523 g/mol. The van der Waals surface area contributed by atoms with Gasteiger partial charge in [0.05, 0.1) is 28.2 Å². The van der Waals surface area contributed by atoms with Crippen LogP contribution in [0.4, 0.5) is 5.95 Å². The number of imidazole rings is 1. The Morgan fingerprint density at radius 3 is 2.84 bits per heavy atom. The van der Waals surface area contributed by atoms with E-state index in [-0.39, 0.29) is 24.0 Å². The van der Waals surface area contributed by atoms with Crippen molar-refractivity contribution in [1.29, 1.82) is 0 Å². The van der Waals surface area contributed by atoms with E-state index in [4.69, 9.17) is 16.6 Å². The molecule has 1 aromatic carbocycles. The molecular formula is C27H31ClN6O3. The molecule has 0 saturated carbocycles. The molecule has 0 bridgehead atoms. The Kier molecular flexibility index (Phi) is 7.55. The van der Waals surface area contributed by atoms with Crippen molar-refractivity contribution in [2.45, 2.75) is 38.3 Å². The number of aryl methyl sites for hydroxylation is 1. The Hall–Kier alpha value is -3.27. The number of hydrogen-bond donors (Lipinski definition) is 2. The highest BCUT2D eigenvalue weighted by atomic mass is 35.5. The van der Waals surface area contributed by atoms with Crippen molar-refractivity contribution in [2.24, 2.45) is 0 Å². The van der Waals surface area contributed by atoms with E-state index in [1.54, 1.807) is 24.4 Å². The normalized spacial score (nSPS) is 19.2. The number of likely N-dealkylation sites (tertiary alicyclic amines) is 2. The van der Waals surface area contributed by atoms with Gasteiger partial charge in [0, 0.05) is 56.3 Å². The summed E-state index contributed by atoms with van der Waals surface area (Å²) >= 11 is 6.64. The quantitative estimate of drug-likeness (QED) is 0.481. The minimum absolute atomic E-state index is 0.0404. The fourth-order valence-corrected chi connectivity index (χ4v) is 5.30. The highest BCUT2D eigenvalue weighted by Crippen LogP contribution is 2.34. The summed E-state index contributed by atoms with van der Waals surface area (Å²) in [4.78, 5) is 39.0. The number of fused-ring (bicyclic) bond motifs is 1. The van der Waals surface area contributed by atoms with Crippen molar-refractivity contribution >= 4 is 40.4 Å². The first-order valence-electron chi connectivity index (χ1n) is 12.7. The maximum absolute atomic E-state index is 13.1. The lowest BCUT2D eigenvalue weighted by molar-refractivity contribution is -0.126. The first-order chi connectivity index (χ1) is 17.9. The Labute approximate surface area is 220 Å². The summed E-state index contributed by atoms with van der Waals surface area (Å²) in [5, 5.41) is 13.0. The summed E-state index contributed by atoms with van der Waals surface area (Å²) in [6.07, 6.45) is 7.49. The smallest absolute Gasteiger partial charge is 0.258 e. The topological polar surface area (TPSA) is 104 Å². The molecule has 2 aliphatic rings. The molecule has 2 fully saturated rings. The molecule has 5 rings (SSSR count). The lowest BCUT2D eigenvalue weighted by Gasteiger charge is -2.34. The van der Waals surface area contributed by atoms with Crippen LogP contribution >= 0.6 is 11.6 Å². The molecule has 3 aromatic rings. The van der Waals surface area contributed by atoms with Crippen molar-refractivity contribution in [3.05, 3.63) is 65.0 Å². The number of β-amino-alcohol motifs (C(OH)–C–C–N with tert-alkyl or cyclic N) is 1. The van der Waals surface area contributed by atoms with Crippen LogP contribution in [0.1, 0.15) is 41.4 Å². The Bertz CT molecular complexity index is 1330. The third-order valence-electron chi connectivity index (χ3n) is 6.93. The van der Waals surface area contributed by atoms with E-state index in [1.165, 1.54) is 0 Å². The Balaban J connectivity index is 1.41. The van der Waals surface area contributed by atoms with Crippen LogP contribution in [-0.2, 0) is 4.79 Å². The van der Waals surface area contributed by atoms with Crippen LogP contribution in [0, 0.1) is 6.92 Å². The highest BCUT2D eigenvalue weighted by molar-refractivity contribution is 6.35. The molecule has 0 spiro atoms. The van der Waals surface area contributed by atoms with Gasteiger partial charge < -0.3 is 14.6 Å². The molecule has 10 heteroatoms. The number of hydrogen-bond acceptors (Lipinski definition) is 6. The van der Waals surface area contributed by atoms with Crippen LogP contribution in [0.25, 0.3) is 11.0 Å². The largest absolute Gasteiger partial charge is 0.390 e.